The predicted molar refractivity (Wildman–Crippen MR) is 82.3 cm³/mol. The summed E-state index contributed by atoms with van der Waals surface area (Å²) in [4.78, 5) is 11.3. The lowest BCUT2D eigenvalue weighted by atomic mass is 10.1. The van der Waals surface area contributed by atoms with E-state index in [1.165, 1.54) is 12.7 Å². The third-order valence-corrected chi connectivity index (χ3v) is 5.12. The quantitative estimate of drug-likeness (QED) is 0.544. The van der Waals surface area contributed by atoms with Gasteiger partial charge in [0.2, 0.25) is 0 Å². The molecule has 0 heterocycles. The first-order chi connectivity index (χ1) is 9.67. The standard InChI is InChI=1S/C16H22O3S/c1-18-14-5-3-13(4-6-14)7-10-20-12-16(8-9-16)11-15(17)19-2/h3-6H,7-12H2,1-2H3. The number of thioether (sulfide) groups is 1. The number of carbonyl (C=O) groups excluding carboxylic acids is 1. The Hall–Kier alpha value is -1.16. The van der Waals surface area contributed by atoms with Crippen LogP contribution in [0.1, 0.15) is 24.8 Å². The molecular formula is C16H22O3S. The maximum absolute atomic E-state index is 11.3. The molecule has 1 aliphatic carbocycles. The summed E-state index contributed by atoms with van der Waals surface area (Å²) in [6.07, 6.45) is 3.97. The Morgan fingerprint density at radius 3 is 2.50 bits per heavy atom. The first-order valence-electron chi connectivity index (χ1n) is 6.95. The second-order valence-corrected chi connectivity index (χ2v) is 6.51. The Morgan fingerprint density at radius 1 is 1.25 bits per heavy atom. The maximum Gasteiger partial charge on any atom is 0.306 e. The van der Waals surface area contributed by atoms with Crippen molar-refractivity contribution in [1.82, 2.24) is 0 Å². The molecule has 1 fully saturated rings. The van der Waals surface area contributed by atoms with Gasteiger partial charge in [-0.25, -0.2) is 0 Å². The number of carbonyl (C=O) groups is 1. The van der Waals surface area contributed by atoms with Gasteiger partial charge in [0.1, 0.15) is 5.75 Å². The lowest BCUT2D eigenvalue weighted by Crippen LogP contribution is -2.13. The Bertz CT molecular complexity index is 438. The van der Waals surface area contributed by atoms with Crippen LogP contribution in [0.3, 0.4) is 0 Å². The van der Waals surface area contributed by atoms with E-state index < -0.39 is 0 Å². The van der Waals surface area contributed by atoms with Crippen molar-refractivity contribution in [1.29, 1.82) is 0 Å². The molecule has 3 nitrogen and oxygen atoms in total. The van der Waals surface area contributed by atoms with E-state index in [9.17, 15) is 4.79 Å². The van der Waals surface area contributed by atoms with Crippen molar-refractivity contribution >= 4 is 17.7 Å². The molecule has 0 amide bonds. The summed E-state index contributed by atoms with van der Waals surface area (Å²) in [5.41, 5.74) is 1.56. The second-order valence-electron chi connectivity index (χ2n) is 5.40. The number of methoxy groups -OCH3 is 2. The molecular weight excluding hydrogens is 272 g/mol. The van der Waals surface area contributed by atoms with Gasteiger partial charge in [0.25, 0.3) is 0 Å². The van der Waals surface area contributed by atoms with Crippen molar-refractivity contribution < 1.29 is 14.3 Å². The largest absolute Gasteiger partial charge is 0.497 e. The van der Waals surface area contributed by atoms with Crippen LogP contribution in [0.5, 0.6) is 5.75 Å². The van der Waals surface area contributed by atoms with Crippen LogP contribution in [0.2, 0.25) is 0 Å². The lowest BCUT2D eigenvalue weighted by molar-refractivity contribution is -0.141. The van der Waals surface area contributed by atoms with E-state index >= 15 is 0 Å². The third kappa shape index (κ3) is 4.44. The van der Waals surface area contributed by atoms with Gasteiger partial charge in [0, 0.05) is 0 Å². The van der Waals surface area contributed by atoms with Crippen LogP contribution in [0.25, 0.3) is 0 Å². The zero-order valence-corrected chi connectivity index (χ0v) is 13.0. The Morgan fingerprint density at radius 2 is 1.95 bits per heavy atom. The van der Waals surface area contributed by atoms with E-state index in [0.717, 1.165) is 36.5 Å². The zero-order chi connectivity index (χ0) is 14.4. The van der Waals surface area contributed by atoms with Gasteiger partial charge in [-0.3, -0.25) is 4.79 Å². The van der Waals surface area contributed by atoms with Crippen LogP contribution in [0, 0.1) is 5.41 Å². The number of esters is 1. The van der Waals surface area contributed by atoms with E-state index in [2.05, 4.69) is 12.1 Å². The molecule has 1 aliphatic rings. The Kier molecular flexibility index (Phi) is 5.35. The molecule has 0 spiro atoms. The number of hydrogen-bond acceptors (Lipinski definition) is 4. The van der Waals surface area contributed by atoms with Crippen LogP contribution >= 0.6 is 11.8 Å². The number of rotatable bonds is 8. The zero-order valence-electron chi connectivity index (χ0n) is 12.2. The Balaban J connectivity index is 1.67. The monoisotopic (exact) mass is 294 g/mol. The third-order valence-electron chi connectivity index (χ3n) is 3.81. The fourth-order valence-corrected chi connectivity index (χ4v) is 3.55. The van der Waals surface area contributed by atoms with E-state index in [1.807, 2.05) is 23.9 Å². The Labute approximate surface area is 125 Å². The average Bonchev–Trinajstić information content (AvgIpc) is 3.24. The molecule has 2 rings (SSSR count). The van der Waals surface area contributed by atoms with Crippen molar-refractivity contribution in [2.45, 2.75) is 25.7 Å². The van der Waals surface area contributed by atoms with E-state index in [4.69, 9.17) is 9.47 Å². The molecule has 20 heavy (non-hydrogen) atoms. The van der Waals surface area contributed by atoms with Gasteiger partial charge in [-0.2, -0.15) is 11.8 Å². The normalized spacial score (nSPS) is 15.7. The number of aryl methyl sites for hydroxylation is 1. The van der Waals surface area contributed by atoms with E-state index in [1.54, 1.807) is 7.11 Å². The summed E-state index contributed by atoms with van der Waals surface area (Å²) in [5, 5.41) is 0. The molecule has 0 atom stereocenters. The minimum Gasteiger partial charge on any atom is -0.497 e. The van der Waals surface area contributed by atoms with Crippen molar-refractivity contribution in [3.63, 3.8) is 0 Å². The number of ether oxygens (including phenoxy) is 2. The summed E-state index contributed by atoms with van der Waals surface area (Å²) in [7, 11) is 3.15. The van der Waals surface area contributed by atoms with Gasteiger partial charge in [-0.05, 0) is 53.9 Å². The molecule has 1 saturated carbocycles. The highest BCUT2D eigenvalue weighted by molar-refractivity contribution is 7.99. The van der Waals surface area contributed by atoms with E-state index in [0.29, 0.717) is 6.42 Å². The highest BCUT2D eigenvalue weighted by atomic mass is 32.2. The summed E-state index contributed by atoms with van der Waals surface area (Å²) in [5.74, 6) is 2.99. The molecule has 0 bridgehead atoms. The summed E-state index contributed by atoms with van der Waals surface area (Å²) in [6, 6.07) is 8.22. The topological polar surface area (TPSA) is 35.5 Å². The van der Waals surface area contributed by atoms with Crippen molar-refractivity contribution in [3.8, 4) is 5.75 Å². The van der Waals surface area contributed by atoms with Crippen molar-refractivity contribution in [3.05, 3.63) is 29.8 Å². The summed E-state index contributed by atoms with van der Waals surface area (Å²) < 4.78 is 9.91. The predicted octanol–water partition coefficient (Wildman–Crippen LogP) is 3.31. The van der Waals surface area contributed by atoms with Crippen LogP contribution in [-0.4, -0.2) is 31.7 Å². The maximum atomic E-state index is 11.3. The van der Waals surface area contributed by atoms with Crippen molar-refractivity contribution in [2.75, 3.05) is 25.7 Å². The van der Waals surface area contributed by atoms with Gasteiger partial charge in [0.05, 0.1) is 20.6 Å². The van der Waals surface area contributed by atoms with Gasteiger partial charge in [-0.15, -0.1) is 0 Å². The minimum absolute atomic E-state index is 0.0711. The molecule has 0 N–H and O–H groups in total. The van der Waals surface area contributed by atoms with Crippen LogP contribution in [0.15, 0.2) is 24.3 Å². The highest BCUT2D eigenvalue weighted by Crippen LogP contribution is 2.51. The molecule has 4 heteroatoms. The van der Waals surface area contributed by atoms with Gasteiger partial charge in [0.15, 0.2) is 0 Å². The fraction of sp³-hybridized carbons (Fsp3) is 0.562. The van der Waals surface area contributed by atoms with Gasteiger partial charge in [-0.1, -0.05) is 12.1 Å². The molecule has 1 aromatic rings. The SMILES string of the molecule is COC(=O)CC1(CSCCc2ccc(OC)cc2)CC1. The molecule has 0 unspecified atom stereocenters. The molecule has 0 aliphatic heterocycles. The van der Waals surface area contributed by atoms with Crippen molar-refractivity contribution in [2.24, 2.45) is 5.41 Å². The van der Waals surface area contributed by atoms with Gasteiger partial charge < -0.3 is 9.47 Å². The minimum atomic E-state index is -0.0711. The second kappa shape index (κ2) is 7.02. The lowest BCUT2D eigenvalue weighted by Gasteiger charge is -2.13. The fourth-order valence-electron chi connectivity index (χ4n) is 2.20. The molecule has 110 valence electrons. The summed E-state index contributed by atoms with van der Waals surface area (Å²) in [6.45, 7) is 0. The number of hydrogen-bond donors (Lipinski definition) is 0. The summed E-state index contributed by atoms with van der Waals surface area (Å²) >= 11 is 1.94. The average molecular weight is 294 g/mol. The van der Waals surface area contributed by atoms with Crippen LogP contribution in [0.4, 0.5) is 0 Å². The highest BCUT2D eigenvalue weighted by Gasteiger charge is 2.44. The first-order valence-corrected chi connectivity index (χ1v) is 8.10. The number of benzene rings is 1. The molecule has 0 aromatic heterocycles. The first kappa shape index (κ1) is 15.2. The molecule has 0 radical (unpaired) electrons. The molecule has 0 saturated heterocycles. The smallest absolute Gasteiger partial charge is 0.306 e. The van der Waals surface area contributed by atoms with Crippen LogP contribution in [-0.2, 0) is 16.0 Å². The molecule has 1 aromatic carbocycles. The van der Waals surface area contributed by atoms with Gasteiger partial charge >= 0.3 is 5.97 Å². The van der Waals surface area contributed by atoms with E-state index in [-0.39, 0.29) is 11.4 Å². The van der Waals surface area contributed by atoms with Crippen LogP contribution < -0.4 is 4.74 Å².